The third-order valence-electron chi connectivity index (χ3n) is 2.20. The molecule has 13 heavy (non-hydrogen) atoms. The lowest BCUT2D eigenvalue weighted by atomic mass is 9.99. The molecule has 0 bridgehead atoms. The average Bonchev–Trinajstić information content (AvgIpc) is 2.10. The van der Waals surface area contributed by atoms with Gasteiger partial charge >= 0.3 is 5.97 Å². The molecule has 1 heterocycles. The summed E-state index contributed by atoms with van der Waals surface area (Å²) in [6.45, 7) is 3.85. The molecule has 2 nitrogen and oxygen atoms in total. The Hall–Kier alpha value is -0.320. The summed E-state index contributed by atoms with van der Waals surface area (Å²) in [5, 5.41) is 0. The fraction of sp³-hybridized carbons (Fsp3) is 0.500. The van der Waals surface area contributed by atoms with E-state index in [2.05, 4.69) is 29.5 Å². The van der Waals surface area contributed by atoms with Crippen LogP contribution in [0.5, 0.6) is 0 Å². The Morgan fingerprint density at radius 2 is 2.46 bits per heavy atom. The van der Waals surface area contributed by atoms with Crippen molar-refractivity contribution in [1.82, 2.24) is 0 Å². The van der Waals surface area contributed by atoms with Crippen molar-refractivity contribution in [2.75, 3.05) is 0 Å². The topological polar surface area (TPSA) is 26.3 Å². The van der Waals surface area contributed by atoms with Crippen LogP contribution in [0, 0.1) is 5.92 Å². The maximum atomic E-state index is 11.2. The molecule has 0 aromatic carbocycles. The van der Waals surface area contributed by atoms with E-state index in [0.717, 1.165) is 12.0 Å². The van der Waals surface area contributed by atoms with E-state index in [4.69, 9.17) is 4.74 Å². The molecular formula is C10H13IO2. The molecule has 0 fully saturated rings. The normalized spacial score (nSPS) is 25.6. The molecule has 0 N–H and O–H groups in total. The Balaban J connectivity index is 2.62. The van der Waals surface area contributed by atoms with E-state index in [1.54, 1.807) is 6.92 Å². The summed E-state index contributed by atoms with van der Waals surface area (Å²) in [5.74, 6) is 0.121. The Labute approximate surface area is 92.2 Å². The van der Waals surface area contributed by atoms with E-state index in [9.17, 15) is 4.79 Å². The molecule has 72 valence electrons. The van der Waals surface area contributed by atoms with Gasteiger partial charge in [-0.3, -0.25) is 0 Å². The SMILES string of the molecule is CC1=CC[C@@H]([C@@H](C)C=CI)OC1=O. The zero-order valence-corrected chi connectivity index (χ0v) is 9.95. The van der Waals surface area contributed by atoms with Gasteiger partial charge in [-0.15, -0.1) is 0 Å². The average molecular weight is 292 g/mol. The van der Waals surface area contributed by atoms with E-state index < -0.39 is 0 Å². The Morgan fingerprint density at radius 1 is 1.77 bits per heavy atom. The zero-order valence-electron chi connectivity index (χ0n) is 7.79. The van der Waals surface area contributed by atoms with Gasteiger partial charge in [0.25, 0.3) is 0 Å². The molecule has 1 aliphatic heterocycles. The van der Waals surface area contributed by atoms with Crippen LogP contribution >= 0.6 is 22.6 Å². The van der Waals surface area contributed by atoms with Crippen LogP contribution in [0.3, 0.4) is 0 Å². The van der Waals surface area contributed by atoms with E-state index in [-0.39, 0.29) is 12.1 Å². The smallest absolute Gasteiger partial charge is 0.333 e. The molecule has 0 saturated carbocycles. The maximum absolute atomic E-state index is 11.2. The van der Waals surface area contributed by atoms with Gasteiger partial charge in [0.05, 0.1) is 0 Å². The second kappa shape index (κ2) is 4.79. The highest BCUT2D eigenvalue weighted by Gasteiger charge is 2.23. The standard InChI is InChI=1S/C10H13IO2/c1-7(5-6-11)9-4-3-8(2)10(12)13-9/h3,5-7,9H,4H2,1-2H3/t7-,9-/m0/s1. The Morgan fingerprint density at radius 3 is 3.00 bits per heavy atom. The molecule has 1 aliphatic rings. The third-order valence-corrected chi connectivity index (χ3v) is 2.61. The summed E-state index contributed by atoms with van der Waals surface area (Å²) < 4.78 is 7.21. The van der Waals surface area contributed by atoms with Crippen LogP contribution in [0.1, 0.15) is 20.3 Å². The number of carbonyl (C=O) groups is 1. The molecule has 0 aromatic heterocycles. The molecule has 0 unspecified atom stereocenters. The number of ether oxygens (including phenoxy) is 1. The molecule has 0 aliphatic carbocycles. The van der Waals surface area contributed by atoms with Crippen molar-refractivity contribution in [2.24, 2.45) is 5.92 Å². The lowest BCUT2D eigenvalue weighted by Gasteiger charge is -2.24. The predicted molar refractivity (Wildman–Crippen MR) is 60.6 cm³/mol. The van der Waals surface area contributed by atoms with Crippen LogP contribution in [-0.2, 0) is 9.53 Å². The minimum absolute atomic E-state index is 0.0159. The lowest BCUT2D eigenvalue weighted by Crippen LogP contribution is -2.27. The summed E-state index contributed by atoms with van der Waals surface area (Å²) in [5.41, 5.74) is 0.724. The monoisotopic (exact) mass is 292 g/mol. The summed E-state index contributed by atoms with van der Waals surface area (Å²) in [4.78, 5) is 11.2. The van der Waals surface area contributed by atoms with Crippen molar-refractivity contribution >= 4 is 28.6 Å². The number of hydrogen-bond donors (Lipinski definition) is 0. The largest absolute Gasteiger partial charge is 0.458 e. The minimum atomic E-state index is -0.176. The summed E-state index contributed by atoms with van der Waals surface area (Å²) in [6.07, 6.45) is 4.85. The molecule has 2 atom stereocenters. The van der Waals surface area contributed by atoms with Crippen LogP contribution in [0.25, 0.3) is 0 Å². The van der Waals surface area contributed by atoms with Gasteiger partial charge in [-0.2, -0.15) is 0 Å². The number of hydrogen-bond acceptors (Lipinski definition) is 2. The first-order valence-electron chi connectivity index (χ1n) is 4.29. The van der Waals surface area contributed by atoms with Gasteiger partial charge in [0, 0.05) is 17.9 Å². The highest BCUT2D eigenvalue weighted by Crippen LogP contribution is 2.21. The molecular weight excluding hydrogens is 279 g/mol. The second-order valence-corrected chi connectivity index (χ2v) is 3.96. The first kappa shape index (κ1) is 10.8. The van der Waals surface area contributed by atoms with E-state index in [0.29, 0.717) is 5.92 Å². The molecule has 0 aromatic rings. The first-order chi connectivity index (χ1) is 6.15. The van der Waals surface area contributed by atoms with Gasteiger partial charge in [0.15, 0.2) is 0 Å². The molecule has 0 radical (unpaired) electrons. The zero-order chi connectivity index (χ0) is 9.84. The number of halogens is 1. The molecule has 0 amide bonds. The molecule has 1 rings (SSSR count). The van der Waals surface area contributed by atoms with Crippen molar-refractivity contribution in [2.45, 2.75) is 26.4 Å². The maximum Gasteiger partial charge on any atom is 0.333 e. The Bertz CT molecular complexity index is 256. The van der Waals surface area contributed by atoms with Gasteiger partial charge in [-0.25, -0.2) is 4.79 Å². The third kappa shape index (κ3) is 2.83. The molecule has 0 saturated heterocycles. The van der Waals surface area contributed by atoms with Gasteiger partial charge in [-0.1, -0.05) is 41.7 Å². The van der Waals surface area contributed by atoms with Crippen molar-refractivity contribution in [3.8, 4) is 0 Å². The molecule has 3 heteroatoms. The first-order valence-corrected chi connectivity index (χ1v) is 5.54. The summed E-state index contributed by atoms with van der Waals surface area (Å²) in [6, 6.07) is 0. The van der Waals surface area contributed by atoms with E-state index >= 15 is 0 Å². The Kier molecular flexibility index (Phi) is 3.96. The highest BCUT2D eigenvalue weighted by atomic mass is 127. The number of esters is 1. The summed E-state index contributed by atoms with van der Waals surface area (Å²) >= 11 is 2.17. The summed E-state index contributed by atoms with van der Waals surface area (Å²) in [7, 11) is 0. The van der Waals surface area contributed by atoms with E-state index in [1.165, 1.54) is 0 Å². The van der Waals surface area contributed by atoms with E-state index in [1.807, 2.05) is 16.2 Å². The van der Waals surface area contributed by atoms with Crippen LogP contribution in [0.2, 0.25) is 0 Å². The lowest BCUT2D eigenvalue weighted by molar-refractivity contribution is -0.147. The van der Waals surface area contributed by atoms with Crippen LogP contribution in [0.4, 0.5) is 0 Å². The fourth-order valence-electron chi connectivity index (χ4n) is 1.22. The van der Waals surface area contributed by atoms with Crippen molar-refractivity contribution in [1.29, 1.82) is 0 Å². The fourth-order valence-corrected chi connectivity index (χ4v) is 1.87. The van der Waals surface area contributed by atoms with Crippen LogP contribution in [0.15, 0.2) is 21.8 Å². The van der Waals surface area contributed by atoms with Crippen molar-refractivity contribution < 1.29 is 9.53 Å². The van der Waals surface area contributed by atoms with Crippen molar-refractivity contribution in [3.63, 3.8) is 0 Å². The van der Waals surface area contributed by atoms with Gasteiger partial charge in [-0.05, 0) is 11.0 Å². The van der Waals surface area contributed by atoms with Gasteiger partial charge in [0.1, 0.15) is 6.10 Å². The minimum Gasteiger partial charge on any atom is -0.458 e. The second-order valence-electron chi connectivity index (χ2n) is 3.24. The van der Waals surface area contributed by atoms with Gasteiger partial charge in [0.2, 0.25) is 0 Å². The number of carbonyl (C=O) groups excluding carboxylic acids is 1. The van der Waals surface area contributed by atoms with Gasteiger partial charge < -0.3 is 4.74 Å². The molecule has 0 spiro atoms. The predicted octanol–water partition coefficient (Wildman–Crippen LogP) is 2.83. The number of rotatable bonds is 2. The highest BCUT2D eigenvalue weighted by molar-refractivity contribution is 14.1. The number of cyclic esters (lactones) is 1. The van der Waals surface area contributed by atoms with Crippen LogP contribution < -0.4 is 0 Å². The van der Waals surface area contributed by atoms with Crippen LogP contribution in [-0.4, -0.2) is 12.1 Å². The quantitative estimate of drug-likeness (QED) is 0.578. The van der Waals surface area contributed by atoms with Crippen molar-refractivity contribution in [3.05, 3.63) is 21.8 Å².